The minimum atomic E-state index is -0.910. The number of aromatic nitrogens is 1. The Morgan fingerprint density at radius 3 is 2.49 bits per heavy atom. The molecule has 2 heterocycles. The lowest BCUT2D eigenvalue weighted by atomic mass is 10.00. The Balaban J connectivity index is 1.54. The van der Waals surface area contributed by atoms with Crippen LogP contribution in [-0.4, -0.2) is 71.3 Å². The number of aliphatic imine (C=N–C) groups is 1. The van der Waals surface area contributed by atoms with E-state index in [1.165, 1.54) is 16.9 Å². The lowest BCUT2D eigenvalue weighted by molar-refractivity contribution is -0.131. The summed E-state index contributed by atoms with van der Waals surface area (Å²) >= 11 is 0. The first-order chi connectivity index (χ1) is 19.7. The van der Waals surface area contributed by atoms with Crippen molar-refractivity contribution in [3.8, 4) is 5.88 Å². The standard InChI is InChI=1S/C31H30N4O6/c1-34(2)26(37)13-14-27(38)35-17-25(36)22-16-20(10-12-24(22)35)32-29(18-7-5-4-6-8-18)28-21-11-9-19(31(40)41-3)15-23(21)33-30(28)39/h4-12,15-16,25,33,36,39H,13-14,17H2,1-3H3. The number of esters is 1. The van der Waals surface area contributed by atoms with Crippen LogP contribution in [0.15, 0.2) is 71.7 Å². The molecule has 210 valence electrons. The minimum absolute atomic E-state index is 0.0404. The normalized spacial score (nSPS) is 14.7. The number of hydrogen-bond acceptors (Lipinski definition) is 7. The second kappa shape index (κ2) is 11.3. The number of amides is 2. The summed E-state index contributed by atoms with van der Waals surface area (Å²) in [5, 5.41) is 22.4. The third-order valence-electron chi connectivity index (χ3n) is 7.09. The zero-order valence-electron chi connectivity index (χ0n) is 22.9. The lowest BCUT2D eigenvalue weighted by Gasteiger charge is -2.18. The third-order valence-corrected chi connectivity index (χ3v) is 7.09. The van der Waals surface area contributed by atoms with Crippen LogP contribution >= 0.6 is 0 Å². The molecule has 0 bridgehead atoms. The van der Waals surface area contributed by atoms with Gasteiger partial charge in [-0.25, -0.2) is 9.79 Å². The van der Waals surface area contributed by atoms with Gasteiger partial charge in [0.05, 0.1) is 42.3 Å². The smallest absolute Gasteiger partial charge is 0.337 e. The fourth-order valence-corrected chi connectivity index (χ4v) is 4.96. The fourth-order valence-electron chi connectivity index (χ4n) is 4.96. The maximum Gasteiger partial charge on any atom is 0.337 e. The van der Waals surface area contributed by atoms with Crippen LogP contribution in [0.25, 0.3) is 10.9 Å². The van der Waals surface area contributed by atoms with E-state index in [9.17, 15) is 24.6 Å². The van der Waals surface area contributed by atoms with Gasteiger partial charge in [-0.3, -0.25) is 9.59 Å². The zero-order chi connectivity index (χ0) is 29.3. The highest BCUT2D eigenvalue weighted by Gasteiger charge is 2.31. The van der Waals surface area contributed by atoms with Gasteiger partial charge in [-0.1, -0.05) is 36.4 Å². The molecule has 1 aliphatic heterocycles. The molecule has 3 aromatic carbocycles. The number of nitrogens with zero attached hydrogens (tertiary/aromatic N) is 3. The molecule has 5 rings (SSSR count). The molecule has 2 amide bonds. The van der Waals surface area contributed by atoms with Gasteiger partial charge in [0.15, 0.2) is 5.88 Å². The summed E-state index contributed by atoms with van der Waals surface area (Å²) in [6.07, 6.45) is -0.781. The fraction of sp³-hybridized carbons (Fsp3) is 0.226. The number of carbonyl (C=O) groups excluding carboxylic acids is 3. The van der Waals surface area contributed by atoms with E-state index in [4.69, 9.17) is 9.73 Å². The molecular formula is C31H30N4O6. The molecule has 1 aliphatic rings. The third kappa shape index (κ3) is 5.42. The summed E-state index contributed by atoms with van der Waals surface area (Å²) in [5.74, 6) is -0.990. The average molecular weight is 555 g/mol. The highest BCUT2D eigenvalue weighted by molar-refractivity contribution is 6.22. The summed E-state index contributed by atoms with van der Waals surface area (Å²) in [6.45, 7) is 0.0921. The summed E-state index contributed by atoms with van der Waals surface area (Å²) in [4.78, 5) is 47.6. The lowest BCUT2D eigenvalue weighted by Crippen LogP contribution is -2.31. The van der Waals surface area contributed by atoms with Gasteiger partial charge in [-0.05, 0) is 30.3 Å². The van der Waals surface area contributed by atoms with Crippen molar-refractivity contribution in [3.05, 3.63) is 89.0 Å². The Bertz CT molecular complexity index is 1670. The van der Waals surface area contributed by atoms with Gasteiger partial charge >= 0.3 is 5.97 Å². The van der Waals surface area contributed by atoms with Gasteiger partial charge in [0.25, 0.3) is 0 Å². The Morgan fingerprint density at radius 1 is 1.02 bits per heavy atom. The van der Waals surface area contributed by atoms with Crippen molar-refractivity contribution in [1.29, 1.82) is 0 Å². The molecule has 0 aliphatic carbocycles. The van der Waals surface area contributed by atoms with E-state index < -0.39 is 12.1 Å². The SMILES string of the molecule is COC(=O)c1ccc2c(C(=Nc3ccc4c(c3)C(O)CN4C(=O)CCC(=O)N(C)C)c3ccccc3)c(O)[nH]c2c1. The number of aromatic hydroxyl groups is 1. The zero-order valence-corrected chi connectivity index (χ0v) is 22.9. The molecule has 0 fully saturated rings. The number of hydrogen-bond donors (Lipinski definition) is 3. The van der Waals surface area contributed by atoms with E-state index in [-0.39, 0.29) is 37.1 Å². The van der Waals surface area contributed by atoms with Gasteiger partial charge in [-0.2, -0.15) is 0 Å². The molecule has 4 aromatic rings. The number of methoxy groups -OCH3 is 1. The topological polar surface area (TPSA) is 136 Å². The first kappa shape index (κ1) is 27.6. The average Bonchev–Trinajstić information content (AvgIpc) is 3.49. The molecule has 1 aromatic heterocycles. The molecule has 0 saturated carbocycles. The highest BCUT2D eigenvalue weighted by atomic mass is 16.5. The number of benzene rings is 3. The Morgan fingerprint density at radius 2 is 1.78 bits per heavy atom. The second-order valence-electron chi connectivity index (χ2n) is 9.98. The van der Waals surface area contributed by atoms with Crippen LogP contribution in [0.5, 0.6) is 5.88 Å². The first-order valence-corrected chi connectivity index (χ1v) is 13.1. The first-order valence-electron chi connectivity index (χ1n) is 13.1. The number of fused-ring (bicyclic) bond motifs is 2. The number of aliphatic hydroxyl groups is 1. The van der Waals surface area contributed by atoms with Crippen LogP contribution < -0.4 is 4.90 Å². The van der Waals surface area contributed by atoms with Gasteiger partial charge in [0.1, 0.15) is 0 Å². The van der Waals surface area contributed by atoms with Gasteiger partial charge < -0.3 is 29.7 Å². The molecule has 3 N–H and O–H groups in total. The summed E-state index contributed by atoms with van der Waals surface area (Å²) in [6, 6.07) is 19.5. The summed E-state index contributed by atoms with van der Waals surface area (Å²) in [5.41, 5.74) is 4.18. The highest BCUT2D eigenvalue weighted by Crippen LogP contribution is 2.39. The van der Waals surface area contributed by atoms with E-state index in [2.05, 4.69) is 4.98 Å². The predicted octanol–water partition coefficient (Wildman–Crippen LogP) is 4.08. The number of rotatable bonds is 7. The van der Waals surface area contributed by atoms with Crippen molar-refractivity contribution in [2.24, 2.45) is 4.99 Å². The number of carbonyl (C=O) groups is 3. The molecule has 10 heteroatoms. The summed E-state index contributed by atoms with van der Waals surface area (Å²) < 4.78 is 4.82. The van der Waals surface area contributed by atoms with Crippen LogP contribution in [0.3, 0.4) is 0 Å². The van der Waals surface area contributed by atoms with E-state index in [1.54, 1.807) is 50.5 Å². The van der Waals surface area contributed by atoms with Crippen LogP contribution in [0.4, 0.5) is 11.4 Å². The van der Waals surface area contributed by atoms with Crippen molar-refractivity contribution in [2.45, 2.75) is 18.9 Å². The van der Waals surface area contributed by atoms with Gasteiger partial charge in [-0.15, -0.1) is 0 Å². The molecule has 41 heavy (non-hydrogen) atoms. The molecule has 0 saturated heterocycles. The van der Waals surface area contributed by atoms with E-state index in [0.717, 1.165) is 5.56 Å². The van der Waals surface area contributed by atoms with Crippen molar-refractivity contribution in [3.63, 3.8) is 0 Å². The number of β-amino-alcohol motifs (C(OH)–C–C–N with tert-alkyl or cyclic N) is 1. The monoisotopic (exact) mass is 554 g/mol. The molecule has 1 unspecified atom stereocenters. The molecule has 0 radical (unpaired) electrons. The molecule has 10 nitrogen and oxygen atoms in total. The molecular weight excluding hydrogens is 524 g/mol. The molecule has 0 spiro atoms. The van der Waals surface area contributed by atoms with Crippen LogP contribution in [0, 0.1) is 0 Å². The van der Waals surface area contributed by atoms with Crippen LogP contribution in [0.2, 0.25) is 0 Å². The Hall–Kier alpha value is -4.96. The maximum absolute atomic E-state index is 12.9. The number of nitrogens with one attached hydrogen (secondary N) is 1. The van der Waals surface area contributed by atoms with Crippen molar-refractivity contribution in [2.75, 3.05) is 32.6 Å². The van der Waals surface area contributed by atoms with E-state index in [1.807, 2.05) is 30.3 Å². The number of anilines is 1. The van der Waals surface area contributed by atoms with Gasteiger partial charge in [0, 0.05) is 54.7 Å². The van der Waals surface area contributed by atoms with Crippen molar-refractivity contribution in [1.82, 2.24) is 9.88 Å². The number of aromatic amines is 1. The van der Waals surface area contributed by atoms with E-state index >= 15 is 0 Å². The number of H-pyrrole nitrogens is 1. The Labute approximate surface area is 236 Å². The predicted molar refractivity (Wildman–Crippen MR) is 155 cm³/mol. The second-order valence-corrected chi connectivity index (χ2v) is 9.98. The minimum Gasteiger partial charge on any atom is -0.494 e. The maximum atomic E-state index is 12.9. The van der Waals surface area contributed by atoms with Gasteiger partial charge in [0.2, 0.25) is 11.8 Å². The number of aliphatic hydroxyl groups excluding tert-OH is 1. The van der Waals surface area contributed by atoms with Crippen LogP contribution in [0.1, 0.15) is 46.0 Å². The number of ether oxygens (including phenoxy) is 1. The van der Waals surface area contributed by atoms with Crippen LogP contribution in [-0.2, 0) is 14.3 Å². The molecule has 1 atom stereocenters. The van der Waals surface area contributed by atoms with E-state index in [0.29, 0.717) is 44.7 Å². The van der Waals surface area contributed by atoms with Crippen molar-refractivity contribution < 1.29 is 29.3 Å². The quantitative estimate of drug-likeness (QED) is 0.233. The largest absolute Gasteiger partial charge is 0.494 e. The Kier molecular flexibility index (Phi) is 7.58. The van der Waals surface area contributed by atoms with Crippen molar-refractivity contribution >= 4 is 45.8 Å². The summed E-state index contributed by atoms with van der Waals surface area (Å²) in [7, 11) is 4.59.